The molecule has 1 amide bonds. The molecule has 2 rings (SSSR count). The van der Waals surface area contributed by atoms with Gasteiger partial charge in [-0.1, -0.05) is 0 Å². The Balaban J connectivity index is 0.00000242. The highest BCUT2D eigenvalue weighted by Gasteiger charge is 2.21. The van der Waals surface area contributed by atoms with E-state index in [9.17, 15) is 9.18 Å². The molecule has 5 nitrogen and oxygen atoms in total. The van der Waals surface area contributed by atoms with Crippen molar-refractivity contribution in [2.45, 2.75) is 19.8 Å². The summed E-state index contributed by atoms with van der Waals surface area (Å²) in [4.78, 5) is 16.0. The summed E-state index contributed by atoms with van der Waals surface area (Å²) < 4.78 is 12.8. The van der Waals surface area contributed by atoms with Gasteiger partial charge in [0, 0.05) is 18.8 Å². The van der Waals surface area contributed by atoms with Crippen LogP contribution in [0, 0.1) is 11.7 Å². The molecule has 3 N–H and O–H groups in total. The van der Waals surface area contributed by atoms with Crippen molar-refractivity contribution in [3.63, 3.8) is 0 Å². The number of guanidine groups is 1. The Hall–Kier alpha value is -1.38. The van der Waals surface area contributed by atoms with Crippen LogP contribution in [-0.4, -0.2) is 31.5 Å². The van der Waals surface area contributed by atoms with Gasteiger partial charge in [0.05, 0.1) is 0 Å². The summed E-state index contributed by atoms with van der Waals surface area (Å²) in [6, 6.07) is 5.65. The number of carbonyl (C=O) groups excluding carboxylic acids is 1. The summed E-state index contributed by atoms with van der Waals surface area (Å²) in [5.74, 6) is 0.829. The summed E-state index contributed by atoms with van der Waals surface area (Å²) in [5, 5.41) is 9.00. The average molecular weight is 420 g/mol. The Morgan fingerprint density at radius 3 is 2.55 bits per heavy atom. The third kappa shape index (κ3) is 7.06. The Morgan fingerprint density at radius 2 is 1.95 bits per heavy atom. The van der Waals surface area contributed by atoms with E-state index in [1.54, 1.807) is 0 Å². The van der Waals surface area contributed by atoms with E-state index >= 15 is 0 Å². The summed E-state index contributed by atoms with van der Waals surface area (Å²) in [6.07, 6.45) is 2.52. The monoisotopic (exact) mass is 420 g/mol. The lowest BCUT2D eigenvalue weighted by Crippen LogP contribution is -2.39. The number of halogens is 2. The minimum Gasteiger partial charge on any atom is -0.357 e. The van der Waals surface area contributed by atoms with E-state index in [0.717, 1.165) is 19.0 Å². The number of rotatable bonds is 6. The first-order valence-electron chi connectivity index (χ1n) is 7.25. The molecule has 0 heterocycles. The maximum Gasteiger partial charge on any atom is 0.246 e. The van der Waals surface area contributed by atoms with E-state index in [0.29, 0.717) is 11.6 Å². The number of nitrogens with one attached hydrogen (secondary N) is 3. The van der Waals surface area contributed by atoms with Gasteiger partial charge < -0.3 is 16.0 Å². The second kappa shape index (κ2) is 9.60. The summed E-state index contributed by atoms with van der Waals surface area (Å²) in [5.41, 5.74) is 0.563. The second-order valence-electron chi connectivity index (χ2n) is 5.07. The summed E-state index contributed by atoms with van der Waals surface area (Å²) in [7, 11) is 0. The Bertz CT molecular complexity index is 503. The predicted molar refractivity (Wildman–Crippen MR) is 97.2 cm³/mol. The van der Waals surface area contributed by atoms with Crippen molar-refractivity contribution < 1.29 is 9.18 Å². The smallest absolute Gasteiger partial charge is 0.246 e. The molecule has 1 aromatic carbocycles. The van der Waals surface area contributed by atoms with Crippen molar-refractivity contribution in [3.05, 3.63) is 30.1 Å². The SMILES string of the molecule is CCNC(=NCC(=O)Nc1ccc(F)cc1)NCC1CC1.I. The molecule has 0 atom stereocenters. The van der Waals surface area contributed by atoms with E-state index in [2.05, 4.69) is 20.9 Å². The molecule has 22 heavy (non-hydrogen) atoms. The van der Waals surface area contributed by atoms with Crippen LogP contribution >= 0.6 is 24.0 Å². The third-order valence-electron chi connectivity index (χ3n) is 3.11. The van der Waals surface area contributed by atoms with Crippen LogP contribution in [0.15, 0.2) is 29.3 Å². The van der Waals surface area contributed by atoms with Crippen LogP contribution in [0.1, 0.15) is 19.8 Å². The fourth-order valence-corrected chi connectivity index (χ4v) is 1.79. The summed E-state index contributed by atoms with van der Waals surface area (Å²) >= 11 is 0. The lowest BCUT2D eigenvalue weighted by Gasteiger charge is -2.10. The highest BCUT2D eigenvalue weighted by molar-refractivity contribution is 14.0. The standard InChI is InChI=1S/C15H21FN4O.HI/c1-2-17-15(18-9-11-3-4-11)19-10-14(21)20-13-7-5-12(16)6-8-13;/h5-8,11H,2-4,9-10H2,1H3,(H,20,21)(H2,17,18,19);1H. The van der Waals surface area contributed by atoms with Crippen molar-refractivity contribution >= 4 is 41.5 Å². The second-order valence-corrected chi connectivity index (χ2v) is 5.07. The zero-order valence-electron chi connectivity index (χ0n) is 12.6. The van der Waals surface area contributed by atoms with Gasteiger partial charge in [-0.05, 0) is 49.9 Å². The quantitative estimate of drug-likeness (QED) is 0.376. The van der Waals surface area contributed by atoms with Crippen molar-refractivity contribution in [1.29, 1.82) is 0 Å². The van der Waals surface area contributed by atoms with E-state index in [-0.39, 0.29) is 42.2 Å². The fourth-order valence-electron chi connectivity index (χ4n) is 1.79. The maximum absolute atomic E-state index is 12.8. The molecule has 0 saturated heterocycles. The van der Waals surface area contributed by atoms with Gasteiger partial charge in [0.1, 0.15) is 12.4 Å². The van der Waals surface area contributed by atoms with Crippen LogP contribution in [0.3, 0.4) is 0 Å². The largest absolute Gasteiger partial charge is 0.357 e. The lowest BCUT2D eigenvalue weighted by molar-refractivity contribution is -0.114. The highest BCUT2D eigenvalue weighted by atomic mass is 127. The van der Waals surface area contributed by atoms with Crippen molar-refractivity contribution in [2.24, 2.45) is 10.9 Å². The number of amides is 1. The first-order chi connectivity index (χ1) is 10.2. The van der Waals surface area contributed by atoms with Crippen LogP contribution in [0.25, 0.3) is 0 Å². The Labute approximate surface area is 147 Å². The van der Waals surface area contributed by atoms with E-state index in [4.69, 9.17) is 0 Å². The number of nitrogens with zero attached hydrogens (tertiary/aromatic N) is 1. The molecule has 0 bridgehead atoms. The molecule has 0 unspecified atom stereocenters. The van der Waals surface area contributed by atoms with E-state index in [1.165, 1.54) is 37.1 Å². The van der Waals surface area contributed by atoms with Crippen LogP contribution in [0.2, 0.25) is 0 Å². The van der Waals surface area contributed by atoms with Gasteiger partial charge in [0.15, 0.2) is 5.96 Å². The van der Waals surface area contributed by atoms with Crippen LogP contribution < -0.4 is 16.0 Å². The third-order valence-corrected chi connectivity index (χ3v) is 3.11. The number of aliphatic imine (C=N–C) groups is 1. The van der Waals surface area contributed by atoms with Crippen molar-refractivity contribution in [2.75, 3.05) is 25.0 Å². The normalized spacial score (nSPS) is 14.0. The first kappa shape index (κ1) is 18.7. The zero-order valence-corrected chi connectivity index (χ0v) is 14.9. The van der Waals surface area contributed by atoms with Crippen LogP contribution in [-0.2, 0) is 4.79 Å². The van der Waals surface area contributed by atoms with Gasteiger partial charge in [-0.15, -0.1) is 24.0 Å². The van der Waals surface area contributed by atoms with Gasteiger partial charge in [-0.25, -0.2) is 9.38 Å². The van der Waals surface area contributed by atoms with Crippen molar-refractivity contribution in [3.8, 4) is 0 Å². The number of hydrogen-bond acceptors (Lipinski definition) is 2. The van der Waals surface area contributed by atoms with Gasteiger partial charge in [-0.2, -0.15) is 0 Å². The van der Waals surface area contributed by atoms with Crippen LogP contribution in [0.4, 0.5) is 10.1 Å². The van der Waals surface area contributed by atoms with Gasteiger partial charge in [0.25, 0.3) is 0 Å². The van der Waals surface area contributed by atoms with Gasteiger partial charge in [0.2, 0.25) is 5.91 Å². The molecule has 1 fully saturated rings. The molecule has 7 heteroatoms. The Kier molecular flexibility index (Phi) is 8.15. The summed E-state index contributed by atoms with van der Waals surface area (Å²) in [6.45, 7) is 3.64. The minimum atomic E-state index is -0.329. The van der Waals surface area contributed by atoms with E-state index < -0.39 is 0 Å². The average Bonchev–Trinajstić information content (AvgIpc) is 3.29. The molecule has 1 aliphatic rings. The molecule has 0 aliphatic heterocycles. The fraction of sp³-hybridized carbons (Fsp3) is 0.467. The molecule has 1 saturated carbocycles. The van der Waals surface area contributed by atoms with Crippen LogP contribution in [0.5, 0.6) is 0 Å². The van der Waals surface area contributed by atoms with Gasteiger partial charge in [-0.3, -0.25) is 4.79 Å². The molecule has 1 aliphatic carbocycles. The number of hydrogen-bond donors (Lipinski definition) is 3. The zero-order chi connectivity index (χ0) is 15.1. The molecule has 122 valence electrons. The molecule has 1 aromatic rings. The molecular formula is C15H22FIN4O. The molecule has 0 aromatic heterocycles. The molecular weight excluding hydrogens is 398 g/mol. The molecule has 0 spiro atoms. The maximum atomic E-state index is 12.8. The number of carbonyl (C=O) groups is 1. The first-order valence-corrected chi connectivity index (χ1v) is 7.25. The number of benzene rings is 1. The predicted octanol–water partition coefficient (Wildman–Crippen LogP) is 2.35. The topological polar surface area (TPSA) is 65.5 Å². The van der Waals surface area contributed by atoms with Gasteiger partial charge >= 0.3 is 0 Å². The number of anilines is 1. The Morgan fingerprint density at radius 1 is 1.27 bits per heavy atom. The van der Waals surface area contributed by atoms with Crippen molar-refractivity contribution in [1.82, 2.24) is 10.6 Å². The highest BCUT2D eigenvalue weighted by Crippen LogP contribution is 2.27. The minimum absolute atomic E-state index is 0. The molecule has 0 radical (unpaired) electrons. The van der Waals surface area contributed by atoms with E-state index in [1.807, 2.05) is 6.92 Å². The lowest BCUT2D eigenvalue weighted by atomic mass is 10.3.